The van der Waals surface area contributed by atoms with Crippen molar-refractivity contribution in [2.24, 2.45) is 0 Å². The normalized spacial score (nSPS) is 12.6. The minimum atomic E-state index is -0.489. The van der Waals surface area contributed by atoms with Crippen LogP contribution in [0.4, 0.5) is 0 Å². The molecule has 0 heterocycles. The summed E-state index contributed by atoms with van der Waals surface area (Å²) in [5.74, 6) is 0.846. The van der Waals surface area contributed by atoms with Crippen LogP contribution >= 0.6 is 0 Å². The van der Waals surface area contributed by atoms with Crippen LogP contribution in [0.5, 0.6) is 11.5 Å². The number of amides is 1. The maximum absolute atomic E-state index is 12.5. The Labute approximate surface area is 184 Å². The molecule has 1 aromatic rings. The van der Waals surface area contributed by atoms with E-state index in [1.165, 1.54) is 51.4 Å². The Bertz CT molecular complexity index is 607. The average molecular weight is 420 g/mol. The van der Waals surface area contributed by atoms with E-state index >= 15 is 0 Å². The van der Waals surface area contributed by atoms with Crippen LogP contribution in [0.3, 0.4) is 0 Å². The van der Waals surface area contributed by atoms with E-state index in [0.717, 1.165) is 18.4 Å². The smallest absolute Gasteiger partial charge is 0.261 e. The third kappa shape index (κ3) is 10.4. The summed E-state index contributed by atoms with van der Waals surface area (Å²) in [4.78, 5) is 12.5. The van der Waals surface area contributed by atoms with Gasteiger partial charge in [-0.3, -0.25) is 4.79 Å². The number of likely N-dealkylation sites (N-methyl/N-ethyl adjacent to an activating group) is 1. The molecule has 0 aliphatic heterocycles. The molecule has 4 heteroatoms. The summed E-state index contributed by atoms with van der Waals surface area (Å²) in [5, 5.41) is 13.1. The van der Waals surface area contributed by atoms with E-state index in [9.17, 15) is 9.90 Å². The largest absolute Gasteiger partial charge is 0.508 e. The second-order valence-electron chi connectivity index (χ2n) is 9.40. The number of benzene rings is 1. The van der Waals surface area contributed by atoms with E-state index in [4.69, 9.17) is 4.74 Å². The number of carbonyl (C=O) groups excluding carboxylic acids is 1. The lowest BCUT2D eigenvalue weighted by molar-refractivity contribution is -0.128. The summed E-state index contributed by atoms with van der Waals surface area (Å²) in [6, 6.07) is 5.26. The summed E-state index contributed by atoms with van der Waals surface area (Å²) in [6.45, 7) is 10.9. The van der Waals surface area contributed by atoms with Crippen molar-refractivity contribution in [3.63, 3.8) is 0 Å². The molecule has 0 aliphatic carbocycles. The number of nitrogens with one attached hydrogen (secondary N) is 1. The third-order valence-electron chi connectivity index (χ3n) is 5.52. The predicted molar refractivity (Wildman–Crippen MR) is 126 cm³/mol. The van der Waals surface area contributed by atoms with E-state index < -0.39 is 6.10 Å². The number of unbranched alkanes of at least 4 members (excludes halogenated alkanes) is 9. The first kappa shape index (κ1) is 26.3. The molecule has 172 valence electrons. The average Bonchev–Trinajstić information content (AvgIpc) is 2.69. The first-order valence-corrected chi connectivity index (χ1v) is 12.1. The van der Waals surface area contributed by atoms with Gasteiger partial charge in [-0.05, 0) is 43.4 Å². The standard InChI is InChI=1S/C26H45NO3/c1-6-8-9-10-11-12-13-14-15-16-17-24(25(29)27-7-2)30-21-18-19-23(28)22(20-21)26(3,4)5/h18-20,24,28H,6-17H2,1-5H3,(H,27,29). The molecule has 0 aromatic heterocycles. The van der Waals surface area contributed by atoms with Crippen LogP contribution in [0.2, 0.25) is 0 Å². The van der Waals surface area contributed by atoms with Crippen molar-refractivity contribution < 1.29 is 14.6 Å². The molecule has 1 atom stereocenters. The van der Waals surface area contributed by atoms with Crippen LogP contribution < -0.4 is 10.1 Å². The number of phenols is 1. The van der Waals surface area contributed by atoms with Gasteiger partial charge in [-0.15, -0.1) is 0 Å². The van der Waals surface area contributed by atoms with Crippen LogP contribution in [0.15, 0.2) is 18.2 Å². The molecule has 0 radical (unpaired) electrons. The number of hydrogen-bond donors (Lipinski definition) is 2. The maximum Gasteiger partial charge on any atom is 0.261 e. The molecule has 1 amide bonds. The van der Waals surface area contributed by atoms with Crippen LogP contribution in [0, 0.1) is 0 Å². The Morgan fingerprint density at radius 3 is 2.07 bits per heavy atom. The van der Waals surface area contributed by atoms with Crippen LogP contribution in [0.25, 0.3) is 0 Å². The minimum Gasteiger partial charge on any atom is -0.508 e. The predicted octanol–water partition coefficient (Wildman–Crippen LogP) is 6.88. The van der Waals surface area contributed by atoms with Crippen molar-refractivity contribution in [2.75, 3.05) is 6.54 Å². The van der Waals surface area contributed by atoms with Gasteiger partial charge in [0.05, 0.1) is 0 Å². The number of carbonyl (C=O) groups is 1. The van der Waals surface area contributed by atoms with Gasteiger partial charge in [-0.1, -0.05) is 85.5 Å². The lowest BCUT2D eigenvalue weighted by Crippen LogP contribution is -2.38. The Hall–Kier alpha value is -1.71. The minimum absolute atomic E-state index is 0.0567. The molecular formula is C26H45NO3. The molecular weight excluding hydrogens is 374 g/mol. The number of phenolic OH excluding ortho intramolecular Hbond substituents is 1. The lowest BCUT2D eigenvalue weighted by atomic mass is 9.86. The summed E-state index contributed by atoms with van der Waals surface area (Å²) in [7, 11) is 0. The van der Waals surface area contributed by atoms with E-state index in [-0.39, 0.29) is 17.1 Å². The van der Waals surface area contributed by atoms with Crippen molar-refractivity contribution in [1.29, 1.82) is 0 Å². The van der Waals surface area contributed by atoms with Crippen molar-refractivity contribution in [3.05, 3.63) is 23.8 Å². The highest BCUT2D eigenvalue weighted by Crippen LogP contribution is 2.34. The lowest BCUT2D eigenvalue weighted by Gasteiger charge is -2.23. The molecule has 1 rings (SSSR count). The summed E-state index contributed by atoms with van der Waals surface area (Å²) >= 11 is 0. The van der Waals surface area contributed by atoms with Crippen LogP contribution in [-0.4, -0.2) is 23.7 Å². The maximum atomic E-state index is 12.5. The first-order chi connectivity index (χ1) is 14.3. The Balaban J connectivity index is 2.50. The molecule has 0 saturated heterocycles. The number of hydrogen-bond acceptors (Lipinski definition) is 3. The van der Waals surface area contributed by atoms with Crippen molar-refractivity contribution in [2.45, 2.75) is 117 Å². The Morgan fingerprint density at radius 1 is 0.967 bits per heavy atom. The zero-order chi connectivity index (χ0) is 22.4. The molecule has 1 unspecified atom stereocenters. The zero-order valence-electron chi connectivity index (χ0n) is 20.1. The fourth-order valence-corrected chi connectivity index (χ4v) is 3.70. The summed E-state index contributed by atoms with van der Waals surface area (Å²) in [6.07, 6.45) is 12.9. The van der Waals surface area contributed by atoms with Gasteiger partial charge >= 0.3 is 0 Å². The molecule has 4 nitrogen and oxygen atoms in total. The highest BCUT2D eigenvalue weighted by atomic mass is 16.5. The van der Waals surface area contributed by atoms with Gasteiger partial charge in [0.15, 0.2) is 6.10 Å². The van der Waals surface area contributed by atoms with Crippen molar-refractivity contribution >= 4 is 5.91 Å². The van der Waals surface area contributed by atoms with E-state index in [2.05, 4.69) is 33.0 Å². The number of rotatable bonds is 15. The topological polar surface area (TPSA) is 58.6 Å². The van der Waals surface area contributed by atoms with E-state index in [1.807, 2.05) is 13.0 Å². The van der Waals surface area contributed by atoms with Gasteiger partial charge in [-0.2, -0.15) is 0 Å². The molecule has 2 N–H and O–H groups in total. The summed E-state index contributed by atoms with van der Waals surface area (Å²) in [5.41, 5.74) is 0.634. The molecule has 0 saturated carbocycles. The Morgan fingerprint density at radius 2 is 1.53 bits per heavy atom. The number of ether oxygens (including phenoxy) is 1. The van der Waals surface area contributed by atoms with Gasteiger partial charge in [0, 0.05) is 12.1 Å². The Kier molecular flexibility index (Phi) is 12.6. The first-order valence-electron chi connectivity index (χ1n) is 12.1. The highest BCUT2D eigenvalue weighted by molar-refractivity contribution is 5.81. The second-order valence-corrected chi connectivity index (χ2v) is 9.40. The van der Waals surface area contributed by atoms with Gasteiger partial charge in [-0.25, -0.2) is 0 Å². The van der Waals surface area contributed by atoms with Gasteiger partial charge < -0.3 is 15.2 Å². The van der Waals surface area contributed by atoms with E-state index in [1.54, 1.807) is 12.1 Å². The monoisotopic (exact) mass is 419 g/mol. The fraction of sp³-hybridized carbons (Fsp3) is 0.731. The fourth-order valence-electron chi connectivity index (χ4n) is 3.70. The molecule has 30 heavy (non-hydrogen) atoms. The SMILES string of the molecule is CCCCCCCCCCCCC(Oc1ccc(O)c(C(C)(C)C)c1)C(=O)NCC. The highest BCUT2D eigenvalue weighted by Gasteiger charge is 2.22. The third-order valence-corrected chi connectivity index (χ3v) is 5.52. The molecule has 0 fully saturated rings. The van der Waals surface area contributed by atoms with Gasteiger partial charge in [0.1, 0.15) is 11.5 Å². The van der Waals surface area contributed by atoms with Gasteiger partial charge in [0.2, 0.25) is 0 Å². The van der Waals surface area contributed by atoms with Crippen molar-refractivity contribution in [3.8, 4) is 11.5 Å². The molecule has 1 aromatic carbocycles. The second kappa shape index (κ2) is 14.3. The van der Waals surface area contributed by atoms with Crippen molar-refractivity contribution in [1.82, 2.24) is 5.32 Å². The zero-order valence-corrected chi connectivity index (χ0v) is 20.1. The quantitative estimate of drug-likeness (QED) is 0.304. The van der Waals surface area contributed by atoms with Crippen LogP contribution in [-0.2, 0) is 10.2 Å². The van der Waals surface area contributed by atoms with E-state index in [0.29, 0.717) is 18.7 Å². The molecule has 0 aliphatic rings. The summed E-state index contributed by atoms with van der Waals surface area (Å²) < 4.78 is 6.08. The molecule has 0 bridgehead atoms. The molecule has 0 spiro atoms. The van der Waals surface area contributed by atoms with Gasteiger partial charge in [0.25, 0.3) is 5.91 Å². The number of aromatic hydroxyl groups is 1. The van der Waals surface area contributed by atoms with Crippen LogP contribution in [0.1, 0.15) is 111 Å².